The molecule has 1 aliphatic rings. The van der Waals surface area contributed by atoms with Crippen molar-refractivity contribution < 1.29 is 14.7 Å². The van der Waals surface area contributed by atoms with Crippen LogP contribution < -0.4 is 0 Å². The minimum atomic E-state index is -0.885. The van der Waals surface area contributed by atoms with Crippen molar-refractivity contribution in [1.29, 1.82) is 0 Å². The van der Waals surface area contributed by atoms with Crippen LogP contribution in [0.3, 0.4) is 0 Å². The lowest BCUT2D eigenvalue weighted by atomic mass is 9.88. The first-order valence-corrected chi connectivity index (χ1v) is 5.77. The van der Waals surface area contributed by atoms with Crippen LogP contribution in [0.15, 0.2) is 0 Å². The quantitative estimate of drug-likeness (QED) is 0.742. The van der Waals surface area contributed by atoms with E-state index in [0.29, 0.717) is 18.9 Å². The highest BCUT2D eigenvalue weighted by Gasteiger charge is 2.38. The molecule has 16 heavy (non-hydrogen) atoms. The second kappa shape index (κ2) is 4.44. The average molecular weight is 227 g/mol. The monoisotopic (exact) mass is 227 g/mol. The van der Waals surface area contributed by atoms with Crippen LogP contribution in [0.25, 0.3) is 0 Å². The molecule has 0 radical (unpaired) electrons. The van der Waals surface area contributed by atoms with Crippen molar-refractivity contribution in [3.63, 3.8) is 0 Å². The smallest absolute Gasteiger partial charge is 0.326 e. The van der Waals surface area contributed by atoms with Crippen LogP contribution in [0.1, 0.15) is 40.5 Å². The lowest BCUT2D eigenvalue weighted by molar-refractivity contribution is -0.156. The molecular formula is C12H21NO3. The molecule has 92 valence electrons. The number of carbonyl (C=O) groups is 2. The largest absolute Gasteiger partial charge is 0.480 e. The fourth-order valence-electron chi connectivity index (χ4n) is 2.05. The number of amides is 1. The Kier molecular flexibility index (Phi) is 3.61. The molecule has 1 heterocycles. The lowest BCUT2D eigenvalue weighted by Gasteiger charge is -2.39. The van der Waals surface area contributed by atoms with Gasteiger partial charge >= 0.3 is 5.97 Å². The SMILES string of the molecule is CC1CCN(C(=O)C(C)(C)C)[C@@H](C(=O)O)C1. The summed E-state index contributed by atoms with van der Waals surface area (Å²) in [5.74, 6) is -0.568. The van der Waals surface area contributed by atoms with Crippen LogP contribution in [-0.2, 0) is 9.59 Å². The molecule has 0 aliphatic carbocycles. The van der Waals surface area contributed by atoms with Crippen LogP contribution in [0, 0.1) is 11.3 Å². The topological polar surface area (TPSA) is 57.6 Å². The third-order valence-electron chi connectivity index (χ3n) is 3.05. The normalized spacial score (nSPS) is 26.6. The fraction of sp³-hybridized carbons (Fsp3) is 0.833. The molecule has 0 aromatic carbocycles. The predicted molar refractivity (Wildman–Crippen MR) is 61.0 cm³/mol. The van der Waals surface area contributed by atoms with E-state index >= 15 is 0 Å². The van der Waals surface area contributed by atoms with Crippen molar-refractivity contribution in [2.24, 2.45) is 11.3 Å². The van der Waals surface area contributed by atoms with E-state index < -0.39 is 17.4 Å². The van der Waals surface area contributed by atoms with Crippen molar-refractivity contribution >= 4 is 11.9 Å². The van der Waals surface area contributed by atoms with Crippen LogP contribution in [0.4, 0.5) is 0 Å². The van der Waals surface area contributed by atoms with Crippen molar-refractivity contribution in [2.75, 3.05) is 6.54 Å². The molecule has 0 aromatic rings. The van der Waals surface area contributed by atoms with Crippen molar-refractivity contribution in [2.45, 2.75) is 46.6 Å². The summed E-state index contributed by atoms with van der Waals surface area (Å²) < 4.78 is 0. The van der Waals surface area contributed by atoms with Gasteiger partial charge in [0.05, 0.1) is 0 Å². The van der Waals surface area contributed by atoms with Gasteiger partial charge in [-0.2, -0.15) is 0 Å². The van der Waals surface area contributed by atoms with Crippen LogP contribution in [0.2, 0.25) is 0 Å². The van der Waals surface area contributed by atoms with Gasteiger partial charge in [0.15, 0.2) is 0 Å². The molecule has 1 saturated heterocycles. The Morgan fingerprint density at radius 3 is 2.31 bits per heavy atom. The Hall–Kier alpha value is -1.06. The first-order valence-electron chi connectivity index (χ1n) is 5.77. The molecule has 0 aromatic heterocycles. The maximum Gasteiger partial charge on any atom is 0.326 e. The molecule has 1 aliphatic heterocycles. The summed E-state index contributed by atoms with van der Waals surface area (Å²) in [5.41, 5.74) is -0.506. The van der Waals surface area contributed by atoms with E-state index in [9.17, 15) is 9.59 Å². The van der Waals surface area contributed by atoms with Crippen LogP contribution in [0.5, 0.6) is 0 Å². The highest BCUT2D eigenvalue weighted by molar-refractivity contribution is 5.87. The van der Waals surface area contributed by atoms with E-state index in [1.165, 1.54) is 4.90 Å². The summed E-state index contributed by atoms with van der Waals surface area (Å²) in [6.45, 7) is 8.08. The van der Waals surface area contributed by atoms with E-state index in [2.05, 4.69) is 0 Å². The van der Waals surface area contributed by atoms with Gasteiger partial charge in [-0.25, -0.2) is 4.79 Å². The Morgan fingerprint density at radius 2 is 1.88 bits per heavy atom. The molecule has 0 spiro atoms. The third kappa shape index (κ3) is 2.74. The second-order valence-corrected chi connectivity index (χ2v) is 5.73. The van der Waals surface area contributed by atoms with E-state index in [4.69, 9.17) is 5.11 Å². The Balaban J connectivity index is 2.85. The zero-order valence-electron chi connectivity index (χ0n) is 10.5. The van der Waals surface area contributed by atoms with Gasteiger partial charge in [0, 0.05) is 12.0 Å². The van der Waals surface area contributed by atoms with Crippen molar-refractivity contribution in [3.8, 4) is 0 Å². The lowest BCUT2D eigenvalue weighted by Crippen LogP contribution is -2.53. The summed E-state index contributed by atoms with van der Waals surface area (Å²) in [6.07, 6.45) is 1.46. The molecule has 1 N–H and O–H groups in total. The van der Waals surface area contributed by atoms with E-state index in [1.807, 2.05) is 27.7 Å². The highest BCUT2D eigenvalue weighted by Crippen LogP contribution is 2.27. The minimum Gasteiger partial charge on any atom is -0.480 e. The molecule has 1 amide bonds. The van der Waals surface area contributed by atoms with E-state index in [0.717, 1.165) is 6.42 Å². The predicted octanol–water partition coefficient (Wildman–Crippen LogP) is 1.74. The summed E-state index contributed by atoms with van der Waals surface area (Å²) in [7, 11) is 0. The second-order valence-electron chi connectivity index (χ2n) is 5.73. The van der Waals surface area contributed by atoms with Gasteiger partial charge in [0.25, 0.3) is 0 Å². The summed E-state index contributed by atoms with van der Waals surface area (Å²) in [5, 5.41) is 9.15. The molecule has 2 atom stereocenters. The summed E-state index contributed by atoms with van der Waals surface area (Å²) in [6, 6.07) is -0.643. The minimum absolute atomic E-state index is 0.0631. The standard InChI is InChI=1S/C12H21NO3/c1-8-5-6-13(9(7-8)10(14)15)11(16)12(2,3)4/h8-9H,5-7H2,1-4H3,(H,14,15)/t8?,9-/m1/s1. The maximum atomic E-state index is 12.1. The number of carboxylic acids is 1. The zero-order valence-corrected chi connectivity index (χ0v) is 10.5. The number of hydrogen-bond donors (Lipinski definition) is 1. The first-order chi connectivity index (χ1) is 7.23. The highest BCUT2D eigenvalue weighted by atomic mass is 16.4. The fourth-order valence-corrected chi connectivity index (χ4v) is 2.05. The van der Waals surface area contributed by atoms with Crippen molar-refractivity contribution in [3.05, 3.63) is 0 Å². The Labute approximate surface area is 96.6 Å². The molecule has 1 rings (SSSR count). The van der Waals surface area contributed by atoms with E-state index in [-0.39, 0.29) is 5.91 Å². The number of aliphatic carboxylic acids is 1. The van der Waals surface area contributed by atoms with Gasteiger partial charge in [-0.3, -0.25) is 4.79 Å². The average Bonchev–Trinajstić information content (AvgIpc) is 2.15. The number of likely N-dealkylation sites (tertiary alicyclic amines) is 1. The molecule has 4 nitrogen and oxygen atoms in total. The molecule has 1 unspecified atom stereocenters. The zero-order chi connectivity index (χ0) is 12.5. The van der Waals surface area contributed by atoms with Crippen LogP contribution in [-0.4, -0.2) is 34.5 Å². The third-order valence-corrected chi connectivity index (χ3v) is 3.05. The maximum absolute atomic E-state index is 12.1. The summed E-state index contributed by atoms with van der Waals surface area (Å²) in [4.78, 5) is 24.8. The number of piperidine rings is 1. The number of carbonyl (C=O) groups excluding carboxylic acids is 1. The molecule has 4 heteroatoms. The van der Waals surface area contributed by atoms with Crippen LogP contribution >= 0.6 is 0 Å². The first kappa shape index (κ1) is 13.0. The number of hydrogen-bond acceptors (Lipinski definition) is 2. The number of rotatable bonds is 1. The van der Waals surface area contributed by atoms with Crippen molar-refractivity contribution in [1.82, 2.24) is 4.90 Å². The van der Waals surface area contributed by atoms with Gasteiger partial charge < -0.3 is 10.0 Å². The van der Waals surface area contributed by atoms with Gasteiger partial charge in [-0.15, -0.1) is 0 Å². The van der Waals surface area contributed by atoms with Gasteiger partial charge in [0.2, 0.25) is 5.91 Å². The summed E-state index contributed by atoms with van der Waals surface area (Å²) >= 11 is 0. The van der Waals surface area contributed by atoms with Gasteiger partial charge in [0.1, 0.15) is 6.04 Å². The molecular weight excluding hydrogens is 206 g/mol. The Morgan fingerprint density at radius 1 is 1.31 bits per heavy atom. The number of nitrogens with zero attached hydrogens (tertiary/aromatic N) is 1. The molecule has 1 fully saturated rings. The Bertz CT molecular complexity index is 293. The molecule has 0 saturated carbocycles. The molecule has 0 bridgehead atoms. The van der Waals surface area contributed by atoms with E-state index in [1.54, 1.807) is 0 Å². The van der Waals surface area contributed by atoms with Gasteiger partial charge in [-0.1, -0.05) is 27.7 Å². The van der Waals surface area contributed by atoms with Gasteiger partial charge in [-0.05, 0) is 18.8 Å². The number of carboxylic acid groups (broad SMARTS) is 1.